The second-order valence-corrected chi connectivity index (χ2v) is 4.52. The molecule has 4 nitrogen and oxygen atoms in total. The Morgan fingerprint density at radius 3 is 2.62 bits per heavy atom. The maximum absolute atomic E-state index is 13.0. The van der Waals surface area contributed by atoms with Gasteiger partial charge in [0.15, 0.2) is 0 Å². The highest BCUT2D eigenvalue weighted by molar-refractivity contribution is 5.41. The Bertz CT molecular complexity index is 659. The molecule has 0 aromatic heterocycles. The van der Waals surface area contributed by atoms with Crippen molar-refractivity contribution in [3.8, 4) is 5.75 Å². The van der Waals surface area contributed by atoms with Crippen LogP contribution in [0.15, 0.2) is 42.5 Å². The van der Waals surface area contributed by atoms with Crippen molar-refractivity contribution in [1.82, 2.24) is 0 Å². The molecule has 21 heavy (non-hydrogen) atoms. The zero-order chi connectivity index (χ0) is 15.4. The summed E-state index contributed by atoms with van der Waals surface area (Å²) in [7, 11) is 0. The Labute approximate surface area is 120 Å². The maximum atomic E-state index is 13.0. The third-order valence-electron chi connectivity index (χ3n) is 2.97. The summed E-state index contributed by atoms with van der Waals surface area (Å²) in [5.74, 6) is 0.0359. The Kier molecular flexibility index (Phi) is 4.47. The molecule has 6 heteroatoms. The van der Waals surface area contributed by atoms with Crippen molar-refractivity contribution in [2.24, 2.45) is 0 Å². The number of para-hydroxylation sites is 1. The van der Waals surface area contributed by atoms with Crippen LogP contribution in [0.4, 0.5) is 14.5 Å². The minimum atomic E-state index is -2.66. The number of rotatable bonds is 5. The van der Waals surface area contributed by atoms with Crippen LogP contribution in [0.3, 0.4) is 0 Å². The molecule has 110 valence electrons. The molecule has 2 aromatic rings. The first kappa shape index (κ1) is 14.9. The molecule has 0 radical (unpaired) electrons. The number of nitrogens with zero attached hydrogens (tertiary/aromatic N) is 1. The molecule has 0 bridgehead atoms. The van der Waals surface area contributed by atoms with Gasteiger partial charge in [-0.25, -0.2) is 8.78 Å². The van der Waals surface area contributed by atoms with Gasteiger partial charge >= 0.3 is 0 Å². The number of aryl methyl sites for hydroxylation is 1. The Morgan fingerprint density at radius 1 is 1.24 bits per heavy atom. The summed E-state index contributed by atoms with van der Waals surface area (Å²) in [4.78, 5) is 10.4. The van der Waals surface area contributed by atoms with E-state index >= 15 is 0 Å². The first-order valence-electron chi connectivity index (χ1n) is 6.23. The SMILES string of the molecule is Cc1ccc(OCc2ccccc2[N+](=O)[O-])c(C(F)F)c1. The van der Waals surface area contributed by atoms with E-state index in [0.29, 0.717) is 11.1 Å². The molecule has 0 aliphatic heterocycles. The lowest BCUT2D eigenvalue weighted by molar-refractivity contribution is -0.385. The van der Waals surface area contributed by atoms with E-state index in [1.165, 1.54) is 30.3 Å². The van der Waals surface area contributed by atoms with Gasteiger partial charge in [0.1, 0.15) is 12.4 Å². The van der Waals surface area contributed by atoms with E-state index in [4.69, 9.17) is 4.74 Å². The molecule has 0 aliphatic rings. The zero-order valence-electron chi connectivity index (χ0n) is 11.3. The highest BCUT2D eigenvalue weighted by Gasteiger charge is 2.17. The van der Waals surface area contributed by atoms with Crippen LogP contribution >= 0.6 is 0 Å². The highest BCUT2D eigenvalue weighted by Crippen LogP contribution is 2.31. The van der Waals surface area contributed by atoms with Crippen molar-refractivity contribution >= 4 is 5.69 Å². The van der Waals surface area contributed by atoms with Crippen LogP contribution in [0.25, 0.3) is 0 Å². The van der Waals surface area contributed by atoms with Crippen molar-refractivity contribution in [3.05, 3.63) is 69.3 Å². The summed E-state index contributed by atoms with van der Waals surface area (Å²) in [6.45, 7) is 1.57. The van der Waals surface area contributed by atoms with Crippen molar-refractivity contribution in [2.45, 2.75) is 20.0 Å². The predicted octanol–water partition coefficient (Wildman–Crippen LogP) is 4.42. The van der Waals surface area contributed by atoms with Crippen LogP contribution in [0.1, 0.15) is 23.1 Å². The van der Waals surface area contributed by atoms with E-state index in [0.717, 1.165) is 0 Å². The lowest BCUT2D eigenvalue weighted by atomic mass is 10.1. The van der Waals surface area contributed by atoms with E-state index in [-0.39, 0.29) is 23.6 Å². The second kappa shape index (κ2) is 6.30. The number of hydrogen-bond acceptors (Lipinski definition) is 3. The molecule has 0 aliphatic carbocycles. The Hall–Kier alpha value is -2.50. The van der Waals surface area contributed by atoms with Crippen LogP contribution in [0.2, 0.25) is 0 Å². The molecule has 0 amide bonds. The lowest BCUT2D eigenvalue weighted by Gasteiger charge is -2.12. The molecular weight excluding hydrogens is 280 g/mol. The van der Waals surface area contributed by atoms with Gasteiger partial charge in [-0.15, -0.1) is 0 Å². The molecule has 0 spiro atoms. The summed E-state index contributed by atoms with van der Waals surface area (Å²) >= 11 is 0. The molecule has 0 saturated carbocycles. The third-order valence-corrected chi connectivity index (χ3v) is 2.97. The Morgan fingerprint density at radius 2 is 1.95 bits per heavy atom. The predicted molar refractivity (Wildman–Crippen MR) is 73.6 cm³/mol. The van der Waals surface area contributed by atoms with Gasteiger partial charge in [0, 0.05) is 6.07 Å². The van der Waals surface area contributed by atoms with Crippen LogP contribution in [0.5, 0.6) is 5.75 Å². The smallest absolute Gasteiger partial charge is 0.276 e. The number of alkyl halides is 2. The van der Waals surface area contributed by atoms with Crippen molar-refractivity contribution in [1.29, 1.82) is 0 Å². The van der Waals surface area contributed by atoms with Crippen LogP contribution in [-0.4, -0.2) is 4.92 Å². The van der Waals surface area contributed by atoms with E-state index in [1.807, 2.05) is 0 Å². The number of benzene rings is 2. The molecule has 0 saturated heterocycles. The van der Waals surface area contributed by atoms with Gasteiger partial charge in [0.2, 0.25) is 0 Å². The lowest BCUT2D eigenvalue weighted by Crippen LogP contribution is -2.02. The van der Waals surface area contributed by atoms with Gasteiger partial charge in [-0.05, 0) is 25.1 Å². The minimum absolute atomic E-state index is 0.0359. The number of hydrogen-bond donors (Lipinski definition) is 0. The molecule has 0 N–H and O–H groups in total. The monoisotopic (exact) mass is 293 g/mol. The fraction of sp³-hybridized carbons (Fsp3) is 0.200. The van der Waals surface area contributed by atoms with Gasteiger partial charge in [0.05, 0.1) is 16.1 Å². The first-order valence-corrected chi connectivity index (χ1v) is 6.23. The van der Waals surface area contributed by atoms with E-state index in [9.17, 15) is 18.9 Å². The van der Waals surface area contributed by atoms with Gasteiger partial charge < -0.3 is 4.74 Å². The van der Waals surface area contributed by atoms with E-state index in [1.54, 1.807) is 19.1 Å². The van der Waals surface area contributed by atoms with Gasteiger partial charge in [0.25, 0.3) is 12.1 Å². The molecule has 0 unspecified atom stereocenters. The van der Waals surface area contributed by atoms with Gasteiger partial charge in [-0.3, -0.25) is 10.1 Å². The third kappa shape index (κ3) is 3.53. The highest BCUT2D eigenvalue weighted by atomic mass is 19.3. The number of halogens is 2. The number of ether oxygens (including phenoxy) is 1. The zero-order valence-corrected chi connectivity index (χ0v) is 11.3. The first-order chi connectivity index (χ1) is 9.99. The van der Waals surface area contributed by atoms with E-state index < -0.39 is 11.3 Å². The maximum Gasteiger partial charge on any atom is 0.276 e. The summed E-state index contributed by atoms with van der Waals surface area (Å²) in [5.41, 5.74) is 0.725. The molecule has 0 atom stereocenters. The Balaban J connectivity index is 2.23. The van der Waals surface area contributed by atoms with Crippen LogP contribution in [0, 0.1) is 17.0 Å². The van der Waals surface area contributed by atoms with Gasteiger partial charge in [-0.2, -0.15) is 0 Å². The minimum Gasteiger partial charge on any atom is -0.488 e. The number of nitro groups is 1. The quantitative estimate of drug-likeness (QED) is 0.605. The fourth-order valence-electron chi connectivity index (χ4n) is 1.94. The normalized spacial score (nSPS) is 10.7. The summed E-state index contributed by atoms with van der Waals surface area (Å²) < 4.78 is 31.3. The molecule has 2 rings (SSSR count). The molecular formula is C15H13F2NO3. The molecule has 2 aromatic carbocycles. The number of nitro benzene ring substituents is 1. The largest absolute Gasteiger partial charge is 0.488 e. The van der Waals surface area contributed by atoms with E-state index in [2.05, 4.69) is 0 Å². The average molecular weight is 293 g/mol. The topological polar surface area (TPSA) is 52.4 Å². The summed E-state index contributed by atoms with van der Waals surface area (Å²) in [5, 5.41) is 10.9. The standard InChI is InChI=1S/C15H13F2NO3/c1-10-6-7-14(12(8-10)15(16)17)21-9-11-4-2-3-5-13(11)18(19)20/h2-8,15H,9H2,1H3. The molecule has 0 fully saturated rings. The van der Waals surface area contributed by atoms with Gasteiger partial charge in [-0.1, -0.05) is 23.8 Å². The summed E-state index contributed by atoms with van der Waals surface area (Å²) in [6, 6.07) is 10.5. The second-order valence-electron chi connectivity index (χ2n) is 4.52. The van der Waals surface area contributed by atoms with Crippen LogP contribution in [-0.2, 0) is 6.61 Å². The molecule has 0 heterocycles. The van der Waals surface area contributed by atoms with Crippen molar-refractivity contribution in [2.75, 3.05) is 0 Å². The average Bonchev–Trinajstić information content (AvgIpc) is 2.46. The van der Waals surface area contributed by atoms with Crippen molar-refractivity contribution < 1.29 is 18.4 Å². The van der Waals surface area contributed by atoms with Crippen LogP contribution < -0.4 is 4.74 Å². The fourth-order valence-corrected chi connectivity index (χ4v) is 1.94. The summed E-state index contributed by atoms with van der Waals surface area (Å²) in [6.07, 6.45) is -2.66. The van der Waals surface area contributed by atoms with Crippen molar-refractivity contribution in [3.63, 3.8) is 0 Å².